The van der Waals surface area contributed by atoms with Gasteiger partial charge in [-0.1, -0.05) is 106 Å². The van der Waals surface area contributed by atoms with Crippen LogP contribution >= 0.6 is 11.3 Å². The number of hydrogen-bond acceptors (Lipinski definition) is 3. The van der Waals surface area contributed by atoms with Crippen molar-refractivity contribution in [3.8, 4) is 39.3 Å². The minimum Gasteiger partial charge on any atom is -0.291 e. The van der Waals surface area contributed by atoms with E-state index in [1.54, 1.807) is 11.3 Å². The quantitative estimate of drug-likeness (QED) is 0.201. The number of pyridine rings is 1. The normalized spacial score (nSPS) is 12.0. The first-order valence-corrected chi connectivity index (χ1v) is 16.2. The standard InChI is InChI=1S/C41H33N3S/c1-26-22-23-31-30-18-13-19-32(38(30)45-40(31)42-26)39-43-35-20-11-12-21-36(35)44(39)37-33(27-14-7-5-8-15-27)24-29(41(2,3)4)25-34(37)28-16-9-6-10-17-28/h5-25H,1-4H3. The summed E-state index contributed by atoms with van der Waals surface area (Å²) in [6, 6.07) is 45.8. The molecule has 3 aromatic heterocycles. The van der Waals surface area contributed by atoms with Crippen LogP contribution in [0.2, 0.25) is 0 Å². The average Bonchev–Trinajstić information content (AvgIpc) is 3.62. The summed E-state index contributed by atoms with van der Waals surface area (Å²) in [5.41, 5.74) is 11.3. The molecule has 0 aliphatic heterocycles. The van der Waals surface area contributed by atoms with Crippen LogP contribution in [0.15, 0.2) is 127 Å². The second-order valence-corrected chi connectivity index (χ2v) is 13.8. The number of imidazole rings is 1. The zero-order chi connectivity index (χ0) is 30.7. The molecule has 8 aromatic rings. The second kappa shape index (κ2) is 10.5. The molecule has 0 amide bonds. The molecular weight excluding hydrogens is 567 g/mol. The number of thiophene rings is 1. The van der Waals surface area contributed by atoms with Crippen LogP contribution in [0, 0.1) is 6.92 Å². The van der Waals surface area contributed by atoms with Crippen molar-refractivity contribution in [2.45, 2.75) is 33.1 Å². The summed E-state index contributed by atoms with van der Waals surface area (Å²) in [6.45, 7) is 8.94. The first-order chi connectivity index (χ1) is 21.9. The van der Waals surface area contributed by atoms with Crippen LogP contribution in [-0.2, 0) is 5.41 Å². The maximum Gasteiger partial charge on any atom is 0.147 e. The van der Waals surface area contributed by atoms with Gasteiger partial charge in [0.2, 0.25) is 0 Å². The van der Waals surface area contributed by atoms with E-state index in [2.05, 4.69) is 160 Å². The van der Waals surface area contributed by atoms with E-state index in [4.69, 9.17) is 9.97 Å². The lowest BCUT2D eigenvalue weighted by Gasteiger charge is -2.26. The molecule has 0 atom stereocenters. The van der Waals surface area contributed by atoms with Gasteiger partial charge in [-0.25, -0.2) is 9.97 Å². The van der Waals surface area contributed by atoms with Gasteiger partial charge in [0.05, 0.1) is 16.7 Å². The number of fused-ring (bicyclic) bond motifs is 4. The molecule has 0 aliphatic rings. The number of benzene rings is 5. The minimum atomic E-state index is -0.0424. The summed E-state index contributed by atoms with van der Waals surface area (Å²) < 4.78 is 3.61. The Morgan fingerprint density at radius 2 is 1.24 bits per heavy atom. The third-order valence-electron chi connectivity index (χ3n) is 8.67. The van der Waals surface area contributed by atoms with Gasteiger partial charge in [0.25, 0.3) is 0 Å². The molecule has 3 heterocycles. The Kier molecular flexibility index (Phi) is 6.44. The molecule has 0 aliphatic carbocycles. The van der Waals surface area contributed by atoms with Crippen LogP contribution in [0.25, 0.3) is 70.7 Å². The second-order valence-electron chi connectivity index (χ2n) is 12.8. The Morgan fingerprint density at radius 3 is 1.91 bits per heavy atom. The van der Waals surface area contributed by atoms with Crippen molar-refractivity contribution in [1.82, 2.24) is 14.5 Å². The fraction of sp³-hybridized carbons (Fsp3) is 0.122. The van der Waals surface area contributed by atoms with Crippen LogP contribution in [0.4, 0.5) is 0 Å². The molecule has 5 aromatic carbocycles. The van der Waals surface area contributed by atoms with Gasteiger partial charge < -0.3 is 0 Å². The maximum absolute atomic E-state index is 5.39. The van der Waals surface area contributed by atoms with Crippen molar-refractivity contribution in [2.75, 3.05) is 0 Å². The van der Waals surface area contributed by atoms with E-state index in [1.165, 1.54) is 43.3 Å². The molecule has 3 nitrogen and oxygen atoms in total. The fourth-order valence-electron chi connectivity index (χ4n) is 6.36. The Balaban J connectivity index is 1.54. The van der Waals surface area contributed by atoms with E-state index >= 15 is 0 Å². The number of aromatic nitrogens is 3. The molecule has 0 saturated carbocycles. The van der Waals surface area contributed by atoms with Crippen molar-refractivity contribution >= 4 is 42.7 Å². The van der Waals surface area contributed by atoms with Crippen LogP contribution in [0.3, 0.4) is 0 Å². The topological polar surface area (TPSA) is 30.7 Å². The van der Waals surface area contributed by atoms with E-state index in [9.17, 15) is 0 Å². The first kappa shape index (κ1) is 27.5. The third kappa shape index (κ3) is 4.65. The summed E-state index contributed by atoms with van der Waals surface area (Å²) in [7, 11) is 0. The molecule has 0 fully saturated rings. The van der Waals surface area contributed by atoms with Gasteiger partial charge >= 0.3 is 0 Å². The van der Waals surface area contributed by atoms with Crippen LogP contribution in [0.5, 0.6) is 0 Å². The highest BCUT2D eigenvalue weighted by molar-refractivity contribution is 7.26. The van der Waals surface area contributed by atoms with E-state index in [0.29, 0.717) is 0 Å². The highest BCUT2D eigenvalue weighted by Gasteiger charge is 2.26. The molecule has 218 valence electrons. The van der Waals surface area contributed by atoms with Gasteiger partial charge in [0.15, 0.2) is 0 Å². The maximum atomic E-state index is 5.39. The largest absolute Gasteiger partial charge is 0.291 e. The van der Waals surface area contributed by atoms with Gasteiger partial charge in [-0.05, 0) is 71.5 Å². The van der Waals surface area contributed by atoms with Gasteiger partial charge in [-0.2, -0.15) is 0 Å². The lowest BCUT2D eigenvalue weighted by Crippen LogP contribution is -2.13. The van der Waals surface area contributed by atoms with Crippen molar-refractivity contribution in [3.05, 3.63) is 139 Å². The Labute approximate surface area is 267 Å². The molecule has 0 saturated heterocycles. The minimum absolute atomic E-state index is 0.0424. The summed E-state index contributed by atoms with van der Waals surface area (Å²) in [6.07, 6.45) is 0. The van der Waals surface area contributed by atoms with Crippen molar-refractivity contribution in [2.24, 2.45) is 0 Å². The monoisotopic (exact) mass is 599 g/mol. The van der Waals surface area contributed by atoms with Crippen LogP contribution in [0.1, 0.15) is 32.0 Å². The lowest BCUT2D eigenvalue weighted by molar-refractivity contribution is 0.590. The molecule has 0 radical (unpaired) electrons. The molecule has 0 N–H and O–H groups in total. The Morgan fingerprint density at radius 1 is 0.600 bits per heavy atom. The molecule has 0 unspecified atom stereocenters. The van der Waals surface area contributed by atoms with E-state index in [0.717, 1.165) is 38.6 Å². The van der Waals surface area contributed by atoms with Gasteiger partial charge in [0.1, 0.15) is 10.7 Å². The van der Waals surface area contributed by atoms with Crippen LogP contribution in [-0.4, -0.2) is 14.5 Å². The van der Waals surface area contributed by atoms with E-state index < -0.39 is 0 Å². The van der Waals surface area contributed by atoms with Crippen molar-refractivity contribution in [1.29, 1.82) is 0 Å². The fourth-order valence-corrected chi connectivity index (χ4v) is 7.59. The number of aryl methyl sites for hydroxylation is 1. The van der Waals surface area contributed by atoms with E-state index in [-0.39, 0.29) is 5.41 Å². The number of para-hydroxylation sites is 2. The van der Waals surface area contributed by atoms with E-state index in [1.807, 2.05) is 0 Å². The predicted octanol–water partition coefficient (Wildman–Crippen LogP) is 11.4. The molecule has 45 heavy (non-hydrogen) atoms. The first-order valence-electron chi connectivity index (χ1n) is 15.4. The molecule has 4 heteroatoms. The number of hydrogen-bond donors (Lipinski definition) is 0. The number of rotatable bonds is 4. The summed E-state index contributed by atoms with van der Waals surface area (Å²) in [5, 5.41) is 2.41. The zero-order valence-electron chi connectivity index (χ0n) is 25.9. The lowest BCUT2D eigenvalue weighted by atomic mass is 9.82. The van der Waals surface area contributed by atoms with Gasteiger partial charge in [-0.15, -0.1) is 11.3 Å². The molecular formula is C41H33N3S. The highest BCUT2D eigenvalue weighted by Crippen LogP contribution is 2.45. The van der Waals surface area contributed by atoms with Gasteiger partial charge in [0, 0.05) is 37.9 Å². The van der Waals surface area contributed by atoms with Gasteiger partial charge in [-0.3, -0.25) is 4.57 Å². The van der Waals surface area contributed by atoms with Crippen molar-refractivity contribution < 1.29 is 0 Å². The van der Waals surface area contributed by atoms with Crippen LogP contribution < -0.4 is 0 Å². The zero-order valence-corrected chi connectivity index (χ0v) is 26.7. The summed E-state index contributed by atoms with van der Waals surface area (Å²) in [4.78, 5) is 11.3. The van der Waals surface area contributed by atoms with Crippen molar-refractivity contribution in [3.63, 3.8) is 0 Å². The average molecular weight is 600 g/mol. The number of nitrogens with zero attached hydrogens (tertiary/aromatic N) is 3. The Hall–Kier alpha value is -5.06. The Bertz CT molecular complexity index is 2300. The molecule has 0 spiro atoms. The SMILES string of the molecule is Cc1ccc2c(n1)sc1c(-c3nc4ccccc4n3-c3c(-c4ccccc4)cc(C(C)(C)C)cc3-c3ccccc3)cccc12. The summed E-state index contributed by atoms with van der Waals surface area (Å²) >= 11 is 1.75. The third-order valence-corrected chi connectivity index (χ3v) is 9.82. The molecule has 8 rings (SSSR count). The highest BCUT2D eigenvalue weighted by atomic mass is 32.1. The molecule has 0 bridgehead atoms. The summed E-state index contributed by atoms with van der Waals surface area (Å²) in [5.74, 6) is 0.933. The predicted molar refractivity (Wildman–Crippen MR) is 191 cm³/mol. The smallest absolute Gasteiger partial charge is 0.147 e.